The van der Waals surface area contributed by atoms with Gasteiger partial charge in [0.05, 0.1) is 11.9 Å². The van der Waals surface area contributed by atoms with Gasteiger partial charge in [-0.2, -0.15) is 5.10 Å². The summed E-state index contributed by atoms with van der Waals surface area (Å²) >= 11 is 0.978. The van der Waals surface area contributed by atoms with Crippen LogP contribution in [0.25, 0.3) is 0 Å². The molecule has 0 N–H and O–H groups in total. The van der Waals surface area contributed by atoms with Crippen LogP contribution in [0.1, 0.15) is 30.0 Å². The third kappa shape index (κ3) is 3.36. The summed E-state index contributed by atoms with van der Waals surface area (Å²) in [5.74, 6) is 0.133. The van der Waals surface area contributed by atoms with Crippen molar-refractivity contribution in [2.45, 2.75) is 29.5 Å². The molecule has 1 fully saturated rings. The van der Waals surface area contributed by atoms with E-state index >= 15 is 0 Å². The number of aromatic nitrogens is 4. The van der Waals surface area contributed by atoms with E-state index < -0.39 is 9.84 Å². The number of hydrogen-bond donors (Lipinski definition) is 0. The molecule has 1 saturated heterocycles. The highest BCUT2D eigenvalue weighted by atomic mass is 32.2. The average Bonchev–Trinajstić information content (AvgIpc) is 3.07. The van der Waals surface area contributed by atoms with E-state index in [0.717, 1.165) is 44.0 Å². The second-order valence-electron chi connectivity index (χ2n) is 5.81. The Hall–Kier alpha value is -1.32. The third-order valence-corrected chi connectivity index (χ3v) is 6.43. The van der Waals surface area contributed by atoms with E-state index in [9.17, 15) is 8.42 Å². The van der Waals surface area contributed by atoms with Crippen LogP contribution in [0.4, 0.5) is 0 Å². The molecule has 2 aromatic heterocycles. The van der Waals surface area contributed by atoms with Crippen LogP contribution in [0, 0.1) is 0 Å². The monoisotopic (exact) mass is 341 g/mol. The number of piperidine rings is 1. The van der Waals surface area contributed by atoms with Crippen LogP contribution in [0.15, 0.2) is 16.6 Å². The standard InChI is InChI=1S/C13H19N5O2S2/c1-17-7-10(6-14-17)8-18-5-3-4-11(9-18)12-13(21-16-15-12)22(2,19)20/h6-7,11H,3-5,8-9H2,1-2H3/t11-/m1/s1. The molecule has 0 bridgehead atoms. The van der Waals surface area contributed by atoms with Gasteiger partial charge in [-0.15, -0.1) is 5.10 Å². The quantitative estimate of drug-likeness (QED) is 0.827. The highest BCUT2D eigenvalue weighted by Gasteiger charge is 2.29. The lowest BCUT2D eigenvalue weighted by Crippen LogP contribution is -2.34. The van der Waals surface area contributed by atoms with Crippen molar-refractivity contribution in [2.75, 3.05) is 19.3 Å². The first-order chi connectivity index (χ1) is 10.4. The zero-order valence-corrected chi connectivity index (χ0v) is 14.3. The first-order valence-electron chi connectivity index (χ1n) is 7.15. The van der Waals surface area contributed by atoms with Crippen LogP contribution in [-0.4, -0.2) is 52.0 Å². The number of aryl methyl sites for hydroxylation is 1. The molecule has 0 aliphatic carbocycles. The Kier molecular flexibility index (Phi) is 4.28. The van der Waals surface area contributed by atoms with Gasteiger partial charge in [0.2, 0.25) is 0 Å². The Morgan fingerprint density at radius 2 is 2.27 bits per heavy atom. The zero-order chi connectivity index (χ0) is 15.7. The number of hydrogen-bond acceptors (Lipinski definition) is 7. The second-order valence-corrected chi connectivity index (χ2v) is 8.78. The minimum absolute atomic E-state index is 0.133. The van der Waals surface area contributed by atoms with E-state index in [1.807, 2.05) is 19.4 Å². The van der Waals surface area contributed by atoms with Gasteiger partial charge in [0.1, 0.15) is 0 Å². The topological polar surface area (TPSA) is 81.0 Å². The molecule has 0 spiro atoms. The van der Waals surface area contributed by atoms with Gasteiger partial charge in [-0.3, -0.25) is 9.58 Å². The van der Waals surface area contributed by atoms with E-state index in [0.29, 0.717) is 9.90 Å². The minimum atomic E-state index is -3.25. The number of rotatable bonds is 4. The summed E-state index contributed by atoms with van der Waals surface area (Å²) in [6.07, 6.45) is 7.09. The minimum Gasteiger partial charge on any atom is -0.298 e. The van der Waals surface area contributed by atoms with Crippen molar-refractivity contribution in [3.8, 4) is 0 Å². The highest BCUT2D eigenvalue weighted by Crippen LogP contribution is 2.32. The Labute approximate surface area is 134 Å². The molecule has 0 aromatic carbocycles. The maximum absolute atomic E-state index is 11.8. The molecule has 0 saturated carbocycles. The van der Waals surface area contributed by atoms with Gasteiger partial charge < -0.3 is 0 Å². The Bertz CT molecular complexity index is 752. The maximum atomic E-state index is 11.8. The van der Waals surface area contributed by atoms with Crippen LogP contribution >= 0.6 is 11.5 Å². The van der Waals surface area contributed by atoms with Crippen molar-refractivity contribution in [3.05, 3.63) is 23.7 Å². The van der Waals surface area contributed by atoms with E-state index in [4.69, 9.17) is 0 Å². The fourth-order valence-electron chi connectivity index (χ4n) is 2.93. The molecule has 7 nitrogen and oxygen atoms in total. The van der Waals surface area contributed by atoms with Crippen molar-refractivity contribution in [3.63, 3.8) is 0 Å². The molecule has 0 radical (unpaired) electrons. The number of likely N-dealkylation sites (tertiary alicyclic amines) is 1. The summed E-state index contributed by atoms with van der Waals surface area (Å²) < 4.78 is 29.6. The fourth-order valence-corrected chi connectivity index (χ4v) is 4.66. The van der Waals surface area contributed by atoms with E-state index in [1.165, 1.54) is 11.8 Å². The van der Waals surface area contributed by atoms with Gasteiger partial charge in [-0.1, -0.05) is 4.49 Å². The van der Waals surface area contributed by atoms with Crippen LogP contribution < -0.4 is 0 Å². The van der Waals surface area contributed by atoms with Crippen molar-refractivity contribution < 1.29 is 8.42 Å². The molecular weight excluding hydrogens is 322 g/mol. The first kappa shape index (κ1) is 15.6. The predicted octanol–water partition coefficient (Wildman–Crippen LogP) is 1.05. The molecule has 3 rings (SSSR count). The second kappa shape index (κ2) is 6.05. The molecule has 22 heavy (non-hydrogen) atoms. The first-order valence-corrected chi connectivity index (χ1v) is 9.82. The molecule has 2 aromatic rings. The normalized spacial score (nSPS) is 20.4. The maximum Gasteiger partial charge on any atom is 0.188 e. The van der Waals surface area contributed by atoms with E-state index in [2.05, 4.69) is 19.6 Å². The molecule has 0 unspecified atom stereocenters. The van der Waals surface area contributed by atoms with E-state index in [1.54, 1.807) is 4.68 Å². The van der Waals surface area contributed by atoms with Crippen LogP contribution in [-0.2, 0) is 23.4 Å². The summed E-state index contributed by atoms with van der Waals surface area (Å²) in [5, 5.41) is 8.29. The van der Waals surface area contributed by atoms with E-state index in [-0.39, 0.29) is 5.92 Å². The average molecular weight is 341 g/mol. The van der Waals surface area contributed by atoms with Crippen molar-refractivity contribution in [1.82, 2.24) is 24.3 Å². The largest absolute Gasteiger partial charge is 0.298 e. The summed E-state index contributed by atoms with van der Waals surface area (Å²) in [6.45, 7) is 2.65. The molecule has 1 aliphatic heterocycles. The van der Waals surface area contributed by atoms with Crippen LogP contribution in [0.3, 0.4) is 0 Å². The summed E-state index contributed by atoms with van der Waals surface area (Å²) in [4.78, 5) is 2.33. The molecule has 0 amide bonds. The van der Waals surface area contributed by atoms with Gasteiger partial charge in [-0.05, 0) is 19.4 Å². The van der Waals surface area contributed by atoms with Gasteiger partial charge in [0, 0.05) is 55.6 Å². The van der Waals surface area contributed by atoms with Gasteiger partial charge in [0.15, 0.2) is 14.0 Å². The predicted molar refractivity (Wildman–Crippen MR) is 83.5 cm³/mol. The molecule has 120 valence electrons. The summed E-state index contributed by atoms with van der Waals surface area (Å²) in [7, 11) is -1.35. The van der Waals surface area contributed by atoms with Crippen molar-refractivity contribution in [1.29, 1.82) is 0 Å². The molecule has 1 atom stereocenters. The lowest BCUT2D eigenvalue weighted by atomic mass is 9.95. The lowest BCUT2D eigenvalue weighted by molar-refractivity contribution is 0.197. The van der Waals surface area contributed by atoms with Gasteiger partial charge in [0.25, 0.3) is 0 Å². The molecule has 9 heteroatoms. The van der Waals surface area contributed by atoms with Crippen molar-refractivity contribution >= 4 is 21.4 Å². The van der Waals surface area contributed by atoms with Crippen molar-refractivity contribution in [2.24, 2.45) is 7.05 Å². The Balaban J connectivity index is 1.75. The molecular formula is C13H19N5O2S2. The molecule has 3 heterocycles. The zero-order valence-electron chi connectivity index (χ0n) is 12.6. The highest BCUT2D eigenvalue weighted by molar-refractivity contribution is 7.92. The third-order valence-electron chi connectivity index (χ3n) is 3.87. The smallest absolute Gasteiger partial charge is 0.188 e. The number of nitrogens with zero attached hydrogens (tertiary/aromatic N) is 5. The Morgan fingerprint density at radius 1 is 1.45 bits per heavy atom. The Morgan fingerprint density at radius 3 is 2.95 bits per heavy atom. The van der Waals surface area contributed by atoms with Crippen LogP contribution in [0.2, 0.25) is 0 Å². The van der Waals surface area contributed by atoms with Gasteiger partial charge >= 0.3 is 0 Å². The fraction of sp³-hybridized carbons (Fsp3) is 0.615. The number of sulfone groups is 1. The SMILES string of the molecule is Cn1cc(CN2CCC[C@@H](c3nnsc3S(C)(=O)=O)C2)cn1. The lowest BCUT2D eigenvalue weighted by Gasteiger charge is -2.31. The summed E-state index contributed by atoms with van der Waals surface area (Å²) in [6, 6.07) is 0. The molecule has 1 aliphatic rings. The van der Waals surface area contributed by atoms with Crippen LogP contribution in [0.5, 0.6) is 0 Å². The summed E-state index contributed by atoms with van der Waals surface area (Å²) in [5.41, 5.74) is 1.81. The van der Waals surface area contributed by atoms with Gasteiger partial charge in [-0.25, -0.2) is 8.42 Å².